The number of carbonyl (C=O) groups excluding carboxylic acids is 3. The van der Waals surface area contributed by atoms with Gasteiger partial charge in [-0.15, -0.1) is 10.2 Å². The number of H-pyrrole nitrogens is 1. The van der Waals surface area contributed by atoms with Gasteiger partial charge in [0.2, 0.25) is 5.91 Å². The van der Waals surface area contributed by atoms with Crippen LogP contribution in [0.3, 0.4) is 0 Å². The average molecular weight is 691 g/mol. The standard InChI is InChI=1S/C39H43FN8O3/c1-24(42-23-34(49)48-18-6-7-31(48)22-41)21-39(38-43-35(44-45-38)25-10-14-30(40)15-11-25)32-16-12-28(36(50)46(2)3)19-26(32)8-9-27-20-29(13-17-33(27)39)37(51)47(4)5/h10-17,19-20,24,31,42H,6-9,18,21,23H2,1-5H3,(H,43,44,45)/t24-,31-/m0/s1. The Bertz CT molecular complexity index is 1930. The van der Waals surface area contributed by atoms with Crippen LogP contribution < -0.4 is 5.32 Å². The fourth-order valence-corrected chi connectivity index (χ4v) is 7.49. The second kappa shape index (κ2) is 14.4. The molecule has 0 spiro atoms. The number of amides is 3. The maximum atomic E-state index is 13.9. The minimum atomic E-state index is -0.982. The Hall–Kier alpha value is -5.41. The van der Waals surface area contributed by atoms with Crippen LogP contribution in [0.1, 0.15) is 75.0 Å². The summed E-state index contributed by atoms with van der Waals surface area (Å²) in [7, 11) is 6.88. The number of benzene rings is 3. The van der Waals surface area contributed by atoms with E-state index < -0.39 is 11.5 Å². The number of aromatic amines is 1. The summed E-state index contributed by atoms with van der Waals surface area (Å²) >= 11 is 0. The fraction of sp³-hybridized carbons (Fsp3) is 0.385. The number of hydrogen-bond donors (Lipinski definition) is 2. The number of aryl methyl sites for hydroxylation is 2. The number of fused-ring (bicyclic) bond motifs is 2. The molecule has 1 aromatic heterocycles. The molecule has 4 aromatic rings. The van der Waals surface area contributed by atoms with Crippen molar-refractivity contribution in [1.29, 1.82) is 5.26 Å². The molecule has 3 aromatic carbocycles. The van der Waals surface area contributed by atoms with Crippen molar-refractivity contribution >= 4 is 17.7 Å². The zero-order chi connectivity index (χ0) is 36.4. The zero-order valence-electron chi connectivity index (χ0n) is 29.7. The molecule has 0 unspecified atom stereocenters. The predicted molar refractivity (Wildman–Crippen MR) is 190 cm³/mol. The van der Waals surface area contributed by atoms with Gasteiger partial charge in [-0.3, -0.25) is 14.4 Å². The van der Waals surface area contributed by atoms with Crippen molar-refractivity contribution in [2.75, 3.05) is 41.3 Å². The number of rotatable bonds is 9. The van der Waals surface area contributed by atoms with E-state index in [1.54, 1.807) is 55.0 Å². The Morgan fingerprint density at radius 2 is 1.55 bits per heavy atom. The quantitative estimate of drug-likeness (QED) is 0.267. The fourth-order valence-electron chi connectivity index (χ4n) is 7.49. The Morgan fingerprint density at radius 1 is 0.961 bits per heavy atom. The molecule has 6 rings (SSSR count). The third-order valence-corrected chi connectivity index (χ3v) is 10.0. The highest BCUT2D eigenvalue weighted by Crippen LogP contribution is 2.47. The van der Waals surface area contributed by atoms with Crippen LogP contribution in [0.5, 0.6) is 0 Å². The Morgan fingerprint density at radius 3 is 2.10 bits per heavy atom. The number of likely N-dealkylation sites (tertiary alicyclic amines) is 1. The SMILES string of the molecule is C[C@@H](CC1(c2nnc(-c3ccc(F)cc3)[nH]2)c2ccc(C(=O)N(C)C)cc2CCc2cc(C(=O)N(C)C)ccc21)NCC(=O)N1CCC[C@H]1C#N. The molecule has 51 heavy (non-hydrogen) atoms. The van der Waals surface area contributed by atoms with Gasteiger partial charge in [-0.05, 0) is 110 Å². The molecule has 2 atom stereocenters. The highest BCUT2D eigenvalue weighted by molar-refractivity contribution is 5.95. The summed E-state index contributed by atoms with van der Waals surface area (Å²) in [6, 6.07) is 19.1. The summed E-state index contributed by atoms with van der Waals surface area (Å²) in [6.07, 6.45) is 3.09. The minimum Gasteiger partial charge on any atom is -0.345 e. The summed E-state index contributed by atoms with van der Waals surface area (Å²) in [5, 5.41) is 22.3. The molecule has 1 aliphatic carbocycles. The van der Waals surface area contributed by atoms with Crippen molar-refractivity contribution in [3.63, 3.8) is 0 Å². The van der Waals surface area contributed by atoms with E-state index in [-0.39, 0.29) is 36.1 Å². The molecule has 264 valence electrons. The lowest BCUT2D eigenvalue weighted by Crippen LogP contribution is -2.45. The molecule has 1 saturated heterocycles. The lowest BCUT2D eigenvalue weighted by Gasteiger charge is -2.37. The Balaban J connectivity index is 1.51. The lowest BCUT2D eigenvalue weighted by atomic mass is 9.67. The monoisotopic (exact) mass is 690 g/mol. The van der Waals surface area contributed by atoms with E-state index in [4.69, 9.17) is 5.10 Å². The van der Waals surface area contributed by atoms with Crippen LogP contribution in [-0.2, 0) is 23.1 Å². The van der Waals surface area contributed by atoms with E-state index >= 15 is 0 Å². The van der Waals surface area contributed by atoms with Crippen LogP contribution in [0.4, 0.5) is 4.39 Å². The zero-order valence-corrected chi connectivity index (χ0v) is 29.7. The second-order valence-corrected chi connectivity index (χ2v) is 13.9. The van der Waals surface area contributed by atoms with Gasteiger partial charge in [0, 0.05) is 57.5 Å². The smallest absolute Gasteiger partial charge is 0.253 e. The predicted octanol–water partition coefficient (Wildman–Crippen LogP) is 4.33. The van der Waals surface area contributed by atoms with Gasteiger partial charge in [-0.25, -0.2) is 4.39 Å². The van der Waals surface area contributed by atoms with Crippen molar-refractivity contribution < 1.29 is 18.8 Å². The minimum absolute atomic E-state index is 0.0545. The average Bonchev–Trinajstić information content (AvgIpc) is 3.80. The van der Waals surface area contributed by atoms with Gasteiger partial charge in [0.1, 0.15) is 17.7 Å². The van der Waals surface area contributed by atoms with Gasteiger partial charge >= 0.3 is 0 Å². The van der Waals surface area contributed by atoms with Gasteiger partial charge < -0.3 is 25.0 Å². The highest BCUT2D eigenvalue weighted by Gasteiger charge is 2.45. The first kappa shape index (κ1) is 35.4. The van der Waals surface area contributed by atoms with Crippen LogP contribution in [0.15, 0.2) is 60.7 Å². The number of nitriles is 1. The van der Waals surface area contributed by atoms with Crippen molar-refractivity contribution in [3.8, 4) is 17.5 Å². The molecule has 3 amide bonds. The first-order valence-electron chi connectivity index (χ1n) is 17.2. The summed E-state index contributed by atoms with van der Waals surface area (Å²) < 4.78 is 13.9. The van der Waals surface area contributed by atoms with E-state index in [1.165, 1.54) is 12.1 Å². The highest BCUT2D eigenvalue weighted by atomic mass is 19.1. The molecule has 2 aliphatic rings. The maximum absolute atomic E-state index is 13.9. The molecule has 12 heteroatoms. The van der Waals surface area contributed by atoms with Crippen LogP contribution in [-0.4, -0.2) is 101 Å². The number of halogens is 1. The van der Waals surface area contributed by atoms with Gasteiger partial charge in [0.25, 0.3) is 11.8 Å². The van der Waals surface area contributed by atoms with E-state index in [0.717, 1.165) is 28.7 Å². The molecule has 11 nitrogen and oxygen atoms in total. The van der Waals surface area contributed by atoms with E-state index in [1.807, 2.05) is 43.3 Å². The van der Waals surface area contributed by atoms with Crippen molar-refractivity contribution in [2.45, 2.75) is 56.5 Å². The molecule has 0 bridgehead atoms. The summed E-state index contributed by atoms with van der Waals surface area (Å²) in [5.41, 5.74) is 4.55. The third kappa shape index (κ3) is 6.86. The molecule has 0 radical (unpaired) electrons. The number of nitrogens with one attached hydrogen (secondary N) is 2. The van der Waals surface area contributed by atoms with Crippen LogP contribution >= 0.6 is 0 Å². The van der Waals surface area contributed by atoms with Gasteiger partial charge in [-0.1, -0.05) is 12.1 Å². The number of aromatic nitrogens is 3. The number of carbonyl (C=O) groups is 3. The topological polar surface area (TPSA) is 138 Å². The number of nitrogens with zero attached hydrogens (tertiary/aromatic N) is 6. The van der Waals surface area contributed by atoms with Crippen LogP contribution in [0.25, 0.3) is 11.4 Å². The Labute approximate surface area is 297 Å². The maximum Gasteiger partial charge on any atom is 0.253 e. The van der Waals surface area contributed by atoms with Gasteiger partial charge in [0.15, 0.2) is 5.82 Å². The molecular weight excluding hydrogens is 647 g/mol. The molecule has 1 fully saturated rings. The van der Waals surface area contributed by atoms with Gasteiger partial charge in [-0.2, -0.15) is 5.26 Å². The molecule has 0 saturated carbocycles. The Kier molecular flexibility index (Phi) is 10.0. The van der Waals surface area contributed by atoms with E-state index in [0.29, 0.717) is 60.6 Å². The first-order valence-corrected chi connectivity index (χ1v) is 17.2. The van der Waals surface area contributed by atoms with Crippen LogP contribution in [0.2, 0.25) is 0 Å². The summed E-state index contributed by atoms with van der Waals surface area (Å²) in [6.45, 7) is 2.62. The van der Waals surface area contributed by atoms with Crippen LogP contribution in [0, 0.1) is 17.1 Å². The third-order valence-electron chi connectivity index (χ3n) is 10.0. The first-order chi connectivity index (χ1) is 24.4. The van der Waals surface area contributed by atoms with E-state index in [2.05, 4.69) is 21.5 Å². The number of hydrogen-bond acceptors (Lipinski definition) is 7. The summed E-state index contributed by atoms with van der Waals surface area (Å²) in [5.74, 6) is 0.272. The molecule has 2 heterocycles. The van der Waals surface area contributed by atoms with E-state index in [9.17, 15) is 24.0 Å². The van der Waals surface area contributed by atoms with Gasteiger partial charge in [0.05, 0.1) is 18.0 Å². The lowest BCUT2D eigenvalue weighted by molar-refractivity contribution is -0.130. The largest absolute Gasteiger partial charge is 0.345 e. The molecule has 1 aliphatic heterocycles. The summed E-state index contributed by atoms with van der Waals surface area (Å²) in [4.78, 5) is 47.9. The molecular formula is C39H43FN8O3. The second-order valence-electron chi connectivity index (χ2n) is 13.9. The van der Waals surface area contributed by atoms with Crippen molar-refractivity contribution in [1.82, 2.24) is 35.2 Å². The normalized spacial score (nSPS) is 16.7. The van der Waals surface area contributed by atoms with Crippen molar-refractivity contribution in [2.24, 2.45) is 0 Å². The molecule has 2 N–H and O–H groups in total. The van der Waals surface area contributed by atoms with Crippen molar-refractivity contribution in [3.05, 3.63) is 106 Å².